The molecule has 0 bridgehead atoms. The van der Waals surface area contributed by atoms with Gasteiger partial charge in [-0.3, -0.25) is 0 Å². The third kappa shape index (κ3) is 2.90. The molecule has 0 atom stereocenters. The van der Waals surface area contributed by atoms with Crippen LogP contribution in [0.3, 0.4) is 0 Å². The molecular formula is C11H9NO3. The highest BCUT2D eigenvalue weighted by Crippen LogP contribution is 2.23. The Bertz CT molecular complexity index is 445. The molecule has 0 aliphatic carbocycles. The normalized spacial score (nSPS) is 8.87. The van der Waals surface area contributed by atoms with Crippen LogP contribution in [-0.2, 0) is 9.59 Å². The van der Waals surface area contributed by atoms with Crippen molar-refractivity contribution in [1.29, 1.82) is 0 Å². The van der Waals surface area contributed by atoms with Crippen LogP contribution in [0.25, 0.3) is 0 Å². The second-order valence-corrected chi connectivity index (χ2v) is 2.78. The van der Waals surface area contributed by atoms with Crippen LogP contribution in [0.15, 0.2) is 35.8 Å². The Balaban J connectivity index is 2.95. The Morgan fingerprint density at radius 1 is 1.60 bits per heavy atom. The molecule has 0 aliphatic heterocycles. The van der Waals surface area contributed by atoms with Gasteiger partial charge >= 0.3 is 5.97 Å². The lowest BCUT2D eigenvalue weighted by Gasteiger charge is -2.03. The van der Waals surface area contributed by atoms with E-state index >= 15 is 0 Å². The van der Waals surface area contributed by atoms with Gasteiger partial charge in [0.15, 0.2) is 0 Å². The fourth-order valence-corrected chi connectivity index (χ4v) is 1.02. The first-order valence-corrected chi connectivity index (χ1v) is 4.20. The molecule has 0 amide bonds. The van der Waals surface area contributed by atoms with Crippen molar-refractivity contribution in [2.24, 2.45) is 4.99 Å². The zero-order chi connectivity index (χ0) is 11.3. The first kappa shape index (κ1) is 10.9. The second kappa shape index (κ2) is 4.88. The molecule has 76 valence electrons. The summed E-state index contributed by atoms with van der Waals surface area (Å²) in [5, 5.41) is 0. The summed E-state index contributed by atoms with van der Waals surface area (Å²) in [6.45, 7) is 5.03. The summed E-state index contributed by atoms with van der Waals surface area (Å²) in [5.41, 5.74) is 1.23. The number of ether oxygens (including phenoxy) is 1. The third-order valence-electron chi connectivity index (χ3n) is 1.72. The number of rotatable bonds is 3. The lowest BCUT2D eigenvalue weighted by atomic mass is 10.2. The lowest BCUT2D eigenvalue weighted by Crippen LogP contribution is -2.02. The van der Waals surface area contributed by atoms with Gasteiger partial charge in [-0.05, 0) is 30.7 Å². The van der Waals surface area contributed by atoms with Crippen LogP contribution >= 0.6 is 0 Å². The second-order valence-electron chi connectivity index (χ2n) is 2.78. The molecule has 1 rings (SSSR count). The molecule has 0 fully saturated rings. The first-order valence-electron chi connectivity index (χ1n) is 4.20. The van der Waals surface area contributed by atoms with E-state index in [2.05, 4.69) is 11.6 Å². The number of nitrogens with zero attached hydrogens (tertiary/aromatic N) is 1. The predicted molar refractivity (Wildman–Crippen MR) is 54.8 cm³/mol. The number of carbonyl (C=O) groups is 1. The molecule has 4 heteroatoms. The standard InChI is InChI=1S/C11H9NO3/c1-3-11(14)15-9-4-5-10(12-7-13)8(2)6-9/h3-6H,1H2,2H3. The van der Waals surface area contributed by atoms with Crippen molar-refractivity contribution >= 4 is 17.7 Å². The number of isocyanates is 1. The molecule has 0 unspecified atom stereocenters. The molecule has 0 saturated carbocycles. The number of hydrogen-bond donors (Lipinski definition) is 0. The van der Waals surface area contributed by atoms with E-state index in [-0.39, 0.29) is 0 Å². The monoisotopic (exact) mass is 203 g/mol. The lowest BCUT2D eigenvalue weighted by molar-refractivity contribution is -0.128. The van der Waals surface area contributed by atoms with Gasteiger partial charge in [-0.25, -0.2) is 9.59 Å². The highest BCUT2D eigenvalue weighted by molar-refractivity contribution is 5.83. The van der Waals surface area contributed by atoms with Crippen molar-refractivity contribution in [2.75, 3.05) is 0 Å². The van der Waals surface area contributed by atoms with Crippen LogP contribution in [0.2, 0.25) is 0 Å². The predicted octanol–water partition coefficient (Wildman–Crippen LogP) is 2.05. The highest BCUT2D eigenvalue weighted by Gasteiger charge is 2.02. The zero-order valence-corrected chi connectivity index (χ0v) is 8.19. The van der Waals surface area contributed by atoms with Crippen molar-refractivity contribution in [2.45, 2.75) is 6.92 Å². The molecule has 0 spiro atoms. The topological polar surface area (TPSA) is 55.7 Å². The molecule has 15 heavy (non-hydrogen) atoms. The van der Waals surface area contributed by atoms with Crippen molar-refractivity contribution < 1.29 is 14.3 Å². The minimum absolute atomic E-state index is 0.391. The molecular weight excluding hydrogens is 194 g/mol. The molecule has 0 aliphatic rings. The van der Waals surface area contributed by atoms with Gasteiger partial charge in [0.25, 0.3) is 0 Å². The summed E-state index contributed by atoms with van der Waals surface area (Å²) in [7, 11) is 0. The number of hydrogen-bond acceptors (Lipinski definition) is 4. The largest absolute Gasteiger partial charge is 0.423 e. The van der Waals surface area contributed by atoms with Crippen molar-refractivity contribution in [1.82, 2.24) is 0 Å². The summed E-state index contributed by atoms with van der Waals surface area (Å²) in [5.74, 6) is -0.136. The van der Waals surface area contributed by atoms with Crippen molar-refractivity contribution in [3.63, 3.8) is 0 Å². The average Bonchev–Trinajstić information content (AvgIpc) is 2.22. The minimum atomic E-state index is -0.527. The SMILES string of the molecule is C=CC(=O)Oc1ccc(N=C=O)c(C)c1. The molecule has 0 saturated heterocycles. The summed E-state index contributed by atoms with van der Waals surface area (Å²) < 4.78 is 4.88. The van der Waals surface area contributed by atoms with Gasteiger partial charge in [0.05, 0.1) is 5.69 Å². The van der Waals surface area contributed by atoms with Crippen molar-refractivity contribution in [3.8, 4) is 5.75 Å². The van der Waals surface area contributed by atoms with E-state index in [1.165, 1.54) is 6.08 Å². The number of esters is 1. The molecule has 0 heterocycles. The van der Waals surface area contributed by atoms with E-state index in [9.17, 15) is 9.59 Å². The first-order chi connectivity index (χ1) is 7.17. The Kier molecular flexibility index (Phi) is 3.55. The Morgan fingerprint density at radius 3 is 2.87 bits per heavy atom. The number of carbonyl (C=O) groups excluding carboxylic acids is 2. The molecule has 0 N–H and O–H groups in total. The zero-order valence-electron chi connectivity index (χ0n) is 8.19. The van der Waals surface area contributed by atoms with E-state index in [4.69, 9.17) is 4.74 Å². The number of aliphatic imine (C=N–C) groups is 1. The van der Waals surface area contributed by atoms with Gasteiger partial charge < -0.3 is 4.74 Å². The van der Waals surface area contributed by atoms with Crippen LogP contribution in [0.5, 0.6) is 5.75 Å². The molecule has 0 radical (unpaired) electrons. The van der Waals surface area contributed by atoms with Gasteiger partial charge in [-0.15, -0.1) is 0 Å². The fourth-order valence-electron chi connectivity index (χ4n) is 1.02. The Labute approximate surface area is 86.9 Å². The van der Waals surface area contributed by atoms with Gasteiger partial charge in [-0.1, -0.05) is 6.58 Å². The molecule has 1 aromatic rings. The van der Waals surface area contributed by atoms with Crippen LogP contribution in [0.4, 0.5) is 5.69 Å². The van der Waals surface area contributed by atoms with E-state index in [0.717, 1.165) is 11.6 Å². The molecule has 0 aromatic heterocycles. The summed E-state index contributed by atoms with van der Waals surface area (Å²) >= 11 is 0. The smallest absolute Gasteiger partial charge is 0.335 e. The van der Waals surface area contributed by atoms with Crippen LogP contribution in [0.1, 0.15) is 5.56 Å². The Hall–Kier alpha value is -2.19. The molecule has 1 aromatic carbocycles. The average molecular weight is 203 g/mol. The van der Waals surface area contributed by atoms with Crippen LogP contribution in [0, 0.1) is 6.92 Å². The maximum absolute atomic E-state index is 10.9. The van der Waals surface area contributed by atoms with Crippen LogP contribution in [-0.4, -0.2) is 12.0 Å². The van der Waals surface area contributed by atoms with E-state index < -0.39 is 5.97 Å². The maximum atomic E-state index is 10.9. The maximum Gasteiger partial charge on any atom is 0.335 e. The minimum Gasteiger partial charge on any atom is -0.423 e. The van der Waals surface area contributed by atoms with Gasteiger partial charge in [-0.2, -0.15) is 4.99 Å². The quantitative estimate of drug-likeness (QED) is 0.248. The highest BCUT2D eigenvalue weighted by atomic mass is 16.5. The summed E-state index contributed by atoms with van der Waals surface area (Å²) in [4.78, 5) is 24.4. The van der Waals surface area contributed by atoms with Gasteiger partial charge in [0, 0.05) is 6.08 Å². The number of benzene rings is 1. The van der Waals surface area contributed by atoms with E-state index in [1.54, 1.807) is 25.1 Å². The van der Waals surface area contributed by atoms with Gasteiger partial charge in [0.2, 0.25) is 6.08 Å². The van der Waals surface area contributed by atoms with Crippen molar-refractivity contribution in [3.05, 3.63) is 36.4 Å². The third-order valence-corrected chi connectivity index (χ3v) is 1.72. The van der Waals surface area contributed by atoms with Gasteiger partial charge in [0.1, 0.15) is 5.75 Å². The van der Waals surface area contributed by atoms with Crippen LogP contribution < -0.4 is 4.74 Å². The fraction of sp³-hybridized carbons (Fsp3) is 0.0909. The number of aryl methyl sites for hydroxylation is 1. The summed E-state index contributed by atoms with van der Waals surface area (Å²) in [6.07, 6.45) is 2.52. The van der Waals surface area contributed by atoms with E-state index in [1.807, 2.05) is 0 Å². The van der Waals surface area contributed by atoms with E-state index in [0.29, 0.717) is 11.4 Å². The summed E-state index contributed by atoms with van der Waals surface area (Å²) in [6, 6.07) is 4.73. The molecule has 4 nitrogen and oxygen atoms in total. The Morgan fingerprint density at radius 2 is 2.33 bits per heavy atom.